The van der Waals surface area contributed by atoms with Gasteiger partial charge in [-0.15, -0.1) is 0 Å². The third-order valence-corrected chi connectivity index (χ3v) is 2.66. The fraction of sp³-hybridized carbons (Fsp3) is 0.600. The molecule has 0 atom stereocenters. The normalized spacial score (nSPS) is 17.9. The monoisotopic (exact) mass is 210 g/mol. The van der Waals surface area contributed by atoms with Gasteiger partial charge < -0.3 is 14.4 Å². The second-order valence-corrected chi connectivity index (χ2v) is 3.71. The first-order valence-corrected chi connectivity index (χ1v) is 5.07. The molecule has 15 heavy (non-hydrogen) atoms. The van der Waals surface area contributed by atoms with Gasteiger partial charge in [0.05, 0.1) is 12.7 Å². The molecule has 82 valence electrons. The van der Waals surface area contributed by atoms with Crippen LogP contribution in [0.4, 0.5) is 0 Å². The number of hydrogen-bond acceptors (Lipinski definition) is 3. The molecule has 0 amide bonds. The van der Waals surface area contributed by atoms with Gasteiger partial charge in [-0.1, -0.05) is 0 Å². The summed E-state index contributed by atoms with van der Waals surface area (Å²) in [6, 6.07) is 0.343. The summed E-state index contributed by atoms with van der Waals surface area (Å²) < 4.78 is 7.24. The molecule has 0 saturated carbocycles. The van der Waals surface area contributed by atoms with Crippen LogP contribution in [0.15, 0.2) is 12.5 Å². The number of aliphatic carboxylic acids is 1. The van der Waals surface area contributed by atoms with Crippen LogP contribution in [-0.4, -0.2) is 33.8 Å². The Kier molecular flexibility index (Phi) is 3.01. The Bertz CT molecular complexity index is 342. The van der Waals surface area contributed by atoms with Crippen molar-refractivity contribution in [1.29, 1.82) is 0 Å². The summed E-state index contributed by atoms with van der Waals surface area (Å²) in [6.07, 6.45) is 5.25. The van der Waals surface area contributed by atoms with E-state index in [1.165, 1.54) is 0 Å². The van der Waals surface area contributed by atoms with Gasteiger partial charge in [-0.2, -0.15) is 0 Å². The van der Waals surface area contributed by atoms with Gasteiger partial charge in [0.25, 0.3) is 0 Å². The molecular weight excluding hydrogens is 196 g/mol. The Morgan fingerprint density at radius 3 is 3.00 bits per heavy atom. The van der Waals surface area contributed by atoms with E-state index >= 15 is 0 Å². The highest BCUT2D eigenvalue weighted by Crippen LogP contribution is 2.22. The summed E-state index contributed by atoms with van der Waals surface area (Å²) in [4.78, 5) is 14.6. The van der Waals surface area contributed by atoms with Crippen molar-refractivity contribution in [2.75, 3.05) is 13.2 Å². The summed E-state index contributed by atoms with van der Waals surface area (Å²) in [5, 5.41) is 8.74. The smallest absolute Gasteiger partial charge is 0.309 e. The number of imidazole rings is 1. The van der Waals surface area contributed by atoms with E-state index in [0.717, 1.165) is 31.7 Å². The number of carboxylic acids is 1. The Morgan fingerprint density at radius 2 is 2.33 bits per heavy atom. The minimum atomic E-state index is -0.816. The van der Waals surface area contributed by atoms with Crippen LogP contribution in [0.25, 0.3) is 0 Å². The molecule has 1 aliphatic rings. The topological polar surface area (TPSA) is 64.3 Å². The van der Waals surface area contributed by atoms with Crippen LogP contribution in [0.5, 0.6) is 0 Å². The highest BCUT2D eigenvalue weighted by atomic mass is 16.5. The van der Waals surface area contributed by atoms with Crippen LogP contribution >= 0.6 is 0 Å². The molecule has 0 spiro atoms. The predicted molar refractivity (Wildman–Crippen MR) is 52.7 cm³/mol. The lowest BCUT2D eigenvalue weighted by Gasteiger charge is -2.24. The molecule has 2 rings (SSSR count). The van der Waals surface area contributed by atoms with Gasteiger partial charge >= 0.3 is 5.97 Å². The molecule has 0 bridgehead atoms. The third-order valence-electron chi connectivity index (χ3n) is 2.66. The Balaban J connectivity index is 2.12. The molecule has 1 aliphatic heterocycles. The van der Waals surface area contributed by atoms with E-state index in [4.69, 9.17) is 9.84 Å². The largest absolute Gasteiger partial charge is 0.481 e. The summed E-state index contributed by atoms with van der Waals surface area (Å²) in [6.45, 7) is 1.49. The van der Waals surface area contributed by atoms with Gasteiger partial charge in [-0.25, -0.2) is 4.98 Å². The van der Waals surface area contributed by atoms with Gasteiger partial charge in [0, 0.05) is 31.1 Å². The number of nitrogens with zero attached hydrogens (tertiary/aromatic N) is 2. The average Bonchev–Trinajstić information content (AvgIpc) is 2.66. The van der Waals surface area contributed by atoms with Crippen molar-refractivity contribution in [3.8, 4) is 0 Å². The maximum atomic E-state index is 10.6. The number of ether oxygens (including phenoxy) is 1. The molecule has 1 aromatic rings. The number of rotatable bonds is 3. The van der Waals surface area contributed by atoms with Crippen molar-refractivity contribution in [1.82, 2.24) is 9.55 Å². The molecule has 1 saturated heterocycles. The standard InChI is InChI=1S/C10H14N2O3/c13-10(14)5-9-6-11-7-12(9)8-1-3-15-4-2-8/h6-8H,1-5H2,(H,13,14). The zero-order valence-corrected chi connectivity index (χ0v) is 8.43. The number of carbonyl (C=O) groups is 1. The average molecular weight is 210 g/mol. The van der Waals surface area contributed by atoms with Gasteiger partial charge in [0.2, 0.25) is 0 Å². The molecule has 0 unspecified atom stereocenters. The predicted octanol–water partition coefficient (Wildman–Crippen LogP) is 0.862. The Hall–Kier alpha value is -1.36. The van der Waals surface area contributed by atoms with E-state index < -0.39 is 5.97 Å². The summed E-state index contributed by atoms with van der Waals surface area (Å²) >= 11 is 0. The molecular formula is C10H14N2O3. The molecule has 5 nitrogen and oxygen atoms in total. The molecule has 5 heteroatoms. The fourth-order valence-electron chi connectivity index (χ4n) is 1.92. The van der Waals surface area contributed by atoms with Crippen molar-refractivity contribution in [3.63, 3.8) is 0 Å². The summed E-state index contributed by atoms with van der Waals surface area (Å²) in [5.41, 5.74) is 0.773. The van der Waals surface area contributed by atoms with Gasteiger partial charge in [-0.05, 0) is 12.8 Å². The zero-order chi connectivity index (χ0) is 10.7. The first-order chi connectivity index (χ1) is 7.27. The van der Waals surface area contributed by atoms with Crippen molar-refractivity contribution in [3.05, 3.63) is 18.2 Å². The number of hydrogen-bond donors (Lipinski definition) is 1. The molecule has 2 heterocycles. The first kappa shape index (κ1) is 10.2. The Labute approximate surface area is 87.7 Å². The highest BCUT2D eigenvalue weighted by Gasteiger charge is 2.18. The molecule has 1 fully saturated rings. The number of aromatic nitrogens is 2. The SMILES string of the molecule is O=C(O)Cc1cncn1C1CCOCC1. The van der Waals surface area contributed by atoms with Crippen LogP contribution in [0.1, 0.15) is 24.6 Å². The van der Waals surface area contributed by atoms with E-state index in [0.29, 0.717) is 6.04 Å². The zero-order valence-electron chi connectivity index (χ0n) is 8.43. The van der Waals surface area contributed by atoms with Crippen LogP contribution in [-0.2, 0) is 16.0 Å². The van der Waals surface area contributed by atoms with Crippen LogP contribution in [0, 0.1) is 0 Å². The number of carboxylic acid groups (broad SMARTS) is 1. The lowest BCUT2D eigenvalue weighted by atomic mass is 10.1. The van der Waals surface area contributed by atoms with Crippen LogP contribution in [0.3, 0.4) is 0 Å². The maximum Gasteiger partial charge on any atom is 0.309 e. The third kappa shape index (κ3) is 2.36. The van der Waals surface area contributed by atoms with Crippen molar-refractivity contribution in [2.45, 2.75) is 25.3 Å². The van der Waals surface area contributed by atoms with E-state index in [9.17, 15) is 4.79 Å². The molecule has 1 N–H and O–H groups in total. The van der Waals surface area contributed by atoms with Crippen LogP contribution in [0.2, 0.25) is 0 Å². The minimum Gasteiger partial charge on any atom is -0.481 e. The van der Waals surface area contributed by atoms with E-state index in [-0.39, 0.29) is 6.42 Å². The van der Waals surface area contributed by atoms with Crippen molar-refractivity contribution < 1.29 is 14.6 Å². The van der Waals surface area contributed by atoms with Gasteiger partial charge in [0.1, 0.15) is 0 Å². The minimum absolute atomic E-state index is 0.0390. The summed E-state index contributed by atoms with van der Waals surface area (Å²) in [5.74, 6) is -0.816. The van der Waals surface area contributed by atoms with Crippen molar-refractivity contribution >= 4 is 5.97 Å². The first-order valence-electron chi connectivity index (χ1n) is 5.07. The van der Waals surface area contributed by atoms with Crippen molar-refractivity contribution in [2.24, 2.45) is 0 Å². The van der Waals surface area contributed by atoms with E-state index in [2.05, 4.69) is 4.98 Å². The second-order valence-electron chi connectivity index (χ2n) is 3.71. The summed E-state index contributed by atoms with van der Waals surface area (Å²) in [7, 11) is 0. The molecule has 0 radical (unpaired) electrons. The lowest BCUT2D eigenvalue weighted by Crippen LogP contribution is -2.21. The van der Waals surface area contributed by atoms with E-state index in [1.54, 1.807) is 12.5 Å². The van der Waals surface area contributed by atoms with Gasteiger partial charge in [-0.3, -0.25) is 4.79 Å². The fourth-order valence-corrected chi connectivity index (χ4v) is 1.92. The highest BCUT2D eigenvalue weighted by molar-refractivity contribution is 5.69. The van der Waals surface area contributed by atoms with Gasteiger partial charge in [0.15, 0.2) is 0 Å². The second kappa shape index (κ2) is 4.44. The maximum absolute atomic E-state index is 10.6. The van der Waals surface area contributed by atoms with E-state index in [1.807, 2.05) is 4.57 Å². The molecule has 0 aliphatic carbocycles. The molecule has 0 aromatic carbocycles. The lowest BCUT2D eigenvalue weighted by molar-refractivity contribution is -0.136. The Morgan fingerprint density at radius 1 is 1.60 bits per heavy atom. The molecule has 1 aromatic heterocycles. The quantitative estimate of drug-likeness (QED) is 0.803. The van der Waals surface area contributed by atoms with Crippen LogP contribution < -0.4 is 0 Å².